The van der Waals surface area contributed by atoms with E-state index in [0.717, 1.165) is 0 Å². The van der Waals surface area contributed by atoms with Crippen molar-refractivity contribution in [3.8, 4) is 0 Å². The number of carbonyl (C=O) groups is 2. The smallest absolute Gasteiger partial charge is 0.321 e. The zero-order valence-electron chi connectivity index (χ0n) is 14.3. The van der Waals surface area contributed by atoms with Crippen LogP contribution >= 0.6 is 0 Å². The van der Waals surface area contributed by atoms with Crippen LogP contribution in [0.3, 0.4) is 0 Å². The van der Waals surface area contributed by atoms with Gasteiger partial charge in [0.05, 0.1) is 0 Å². The Morgan fingerprint density at radius 3 is 1.92 bits per heavy atom. The highest BCUT2D eigenvalue weighted by Gasteiger charge is 2.09. The minimum Gasteiger partial charge on any atom is -0.338 e. The van der Waals surface area contributed by atoms with Crippen LogP contribution in [0.15, 0.2) is 48.5 Å². The van der Waals surface area contributed by atoms with Crippen LogP contribution in [-0.2, 0) is 0 Å². The van der Waals surface area contributed by atoms with Gasteiger partial charge >= 0.3 is 12.1 Å². The maximum Gasteiger partial charge on any atom is 0.321 e. The van der Waals surface area contributed by atoms with Crippen molar-refractivity contribution in [1.82, 2.24) is 10.2 Å². The van der Waals surface area contributed by atoms with E-state index in [1.165, 1.54) is 53.4 Å². The third kappa shape index (κ3) is 6.39. The highest BCUT2D eigenvalue weighted by Crippen LogP contribution is 2.09. The number of urea groups is 2. The fourth-order valence-electron chi connectivity index (χ4n) is 2.08. The second kappa shape index (κ2) is 9.36. The van der Waals surface area contributed by atoms with Gasteiger partial charge in [-0.25, -0.2) is 18.4 Å². The first kappa shape index (κ1) is 19.2. The van der Waals surface area contributed by atoms with E-state index in [0.29, 0.717) is 30.9 Å². The summed E-state index contributed by atoms with van der Waals surface area (Å²) < 4.78 is 25.6. The van der Waals surface area contributed by atoms with E-state index in [1.807, 2.05) is 0 Å². The van der Waals surface area contributed by atoms with Gasteiger partial charge in [0, 0.05) is 31.5 Å². The lowest BCUT2D eigenvalue weighted by Crippen LogP contribution is -2.35. The van der Waals surface area contributed by atoms with Gasteiger partial charge in [0.15, 0.2) is 0 Å². The predicted octanol–water partition coefficient (Wildman–Crippen LogP) is 3.64. The van der Waals surface area contributed by atoms with Gasteiger partial charge in [-0.05, 0) is 55.0 Å². The van der Waals surface area contributed by atoms with E-state index in [2.05, 4.69) is 16.0 Å². The van der Waals surface area contributed by atoms with E-state index >= 15 is 0 Å². The largest absolute Gasteiger partial charge is 0.338 e. The molecule has 2 aromatic rings. The highest BCUT2D eigenvalue weighted by atomic mass is 19.1. The molecule has 0 spiro atoms. The monoisotopic (exact) mass is 362 g/mol. The fraction of sp³-hybridized carbons (Fsp3) is 0.222. The van der Waals surface area contributed by atoms with Gasteiger partial charge in [-0.3, -0.25) is 0 Å². The number of carbonyl (C=O) groups excluding carboxylic acids is 2. The number of nitrogens with zero attached hydrogens (tertiary/aromatic N) is 1. The van der Waals surface area contributed by atoms with E-state index in [-0.39, 0.29) is 17.7 Å². The van der Waals surface area contributed by atoms with E-state index in [1.54, 1.807) is 7.05 Å². The summed E-state index contributed by atoms with van der Waals surface area (Å²) >= 11 is 0. The number of nitrogens with one attached hydrogen (secondary N) is 3. The number of benzene rings is 2. The predicted molar refractivity (Wildman–Crippen MR) is 96.1 cm³/mol. The molecule has 0 atom stereocenters. The van der Waals surface area contributed by atoms with Gasteiger partial charge < -0.3 is 20.9 Å². The van der Waals surface area contributed by atoms with Gasteiger partial charge in [-0.15, -0.1) is 0 Å². The third-order valence-electron chi connectivity index (χ3n) is 3.50. The van der Waals surface area contributed by atoms with Crippen LogP contribution in [0.1, 0.15) is 6.42 Å². The molecule has 3 N–H and O–H groups in total. The van der Waals surface area contributed by atoms with E-state index in [4.69, 9.17) is 0 Å². The minimum absolute atomic E-state index is 0.327. The average Bonchev–Trinajstić information content (AvgIpc) is 2.62. The molecule has 0 heterocycles. The summed E-state index contributed by atoms with van der Waals surface area (Å²) in [5, 5.41) is 7.87. The van der Waals surface area contributed by atoms with Gasteiger partial charge in [0.1, 0.15) is 11.6 Å². The molecule has 0 aliphatic heterocycles. The summed E-state index contributed by atoms with van der Waals surface area (Å²) in [4.78, 5) is 25.2. The number of anilines is 2. The van der Waals surface area contributed by atoms with Crippen molar-refractivity contribution >= 4 is 23.4 Å². The van der Waals surface area contributed by atoms with Crippen LogP contribution in [0.4, 0.5) is 29.7 Å². The molecule has 0 radical (unpaired) electrons. The summed E-state index contributed by atoms with van der Waals surface area (Å²) in [5.74, 6) is -0.751. The average molecular weight is 362 g/mol. The molecule has 6 nitrogen and oxygen atoms in total. The molecule has 2 aromatic carbocycles. The zero-order valence-corrected chi connectivity index (χ0v) is 14.3. The zero-order chi connectivity index (χ0) is 18.9. The van der Waals surface area contributed by atoms with Gasteiger partial charge in [-0.1, -0.05) is 0 Å². The van der Waals surface area contributed by atoms with Crippen molar-refractivity contribution in [2.45, 2.75) is 6.42 Å². The maximum absolute atomic E-state index is 12.8. The van der Waals surface area contributed by atoms with Crippen LogP contribution in [0.5, 0.6) is 0 Å². The maximum atomic E-state index is 12.8. The molecule has 0 fully saturated rings. The SMILES string of the molecule is CN(CCCNC(=O)Nc1ccc(F)cc1)C(=O)Nc1ccc(F)cc1. The summed E-state index contributed by atoms with van der Waals surface area (Å²) in [6.07, 6.45) is 0.546. The molecule has 138 valence electrons. The second-order valence-electron chi connectivity index (χ2n) is 5.60. The molecule has 0 saturated carbocycles. The molecule has 0 bridgehead atoms. The molecule has 8 heteroatoms. The number of rotatable bonds is 6. The Kier molecular flexibility index (Phi) is 6.90. The quantitative estimate of drug-likeness (QED) is 0.687. The summed E-state index contributed by atoms with van der Waals surface area (Å²) in [5.41, 5.74) is 0.986. The first-order chi connectivity index (χ1) is 12.4. The summed E-state index contributed by atoms with van der Waals surface area (Å²) in [6.45, 7) is 0.783. The normalized spacial score (nSPS) is 10.1. The van der Waals surface area contributed by atoms with Crippen LogP contribution in [-0.4, -0.2) is 37.1 Å². The number of amides is 4. The van der Waals surface area contributed by atoms with Gasteiger partial charge in [-0.2, -0.15) is 0 Å². The van der Waals surface area contributed by atoms with E-state index in [9.17, 15) is 18.4 Å². The fourth-order valence-corrected chi connectivity index (χ4v) is 2.08. The molecular weight excluding hydrogens is 342 g/mol. The lowest BCUT2D eigenvalue weighted by molar-refractivity contribution is 0.221. The molecule has 26 heavy (non-hydrogen) atoms. The Bertz CT molecular complexity index is 736. The Morgan fingerprint density at radius 2 is 1.38 bits per heavy atom. The number of hydrogen-bond donors (Lipinski definition) is 3. The van der Waals surface area contributed by atoms with Gasteiger partial charge in [0.2, 0.25) is 0 Å². The standard InChI is InChI=1S/C18H20F2N4O2/c1-24(18(26)23-16-9-5-14(20)6-10-16)12-2-11-21-17(25)22-15-7-3-13(19)4-8-15/h3-10H,2,11-12H2,1H3,(H,23,26)(H2,21,22,25). The molecular formula is C18H20F2N4O2. The van der Waals surface area contributed by atoms with Crippen molar-refractivity contribution in [1.29, 1.82) is 0 Å². The van der Waals surface area contributed by atoms with Gasteiger partial charge in [0.25, 0.3) is 0 Å². The molecule has 4 amide bonds. The second-order valence-corrected chi connectivity index (χ2v) is 5.60. The van der Waals surface area contributed by atoms with Crippen LogP contribution in [0.2, 0.25) is 0 Å². The van der Waals surface area contributed by atoms with Crippen molar-refractivity contribution in [2.75, 3.05) is 30.8 Å². The molecule has 0 saturated heterocycles. The third-order valence-corrected chi connectivity index (χ3v) is 3.50. The van der Waals surface area contributed by atoms with Crippen LogP contribution < -0.4 is 16.0 Å². The summed E-state index contributed by atoms with van der Waals surface area (Å²) in [7, 11) is 1.62. The first-order valence-corrected chi connectivity index (χ1v) is 8.02. The molecule has 0 aliphatic carbocycles. The van der Waals surface area contributed by atoms with Crippen molar-refractivity contribution < 1.29 is 18.4 Å². The number of halogens is 2. The number of hydrogen-bond acceptors (Lipinski definition) is 2. The molecule has 0 aromatic heterocycles. The first-order valence-electron chi connectivity index (χ1n) is 8.02. The summed E-state index contributed by atoms with van der Waals surface area (Å²) in [6, 6.07) is 10.2. The van der Waals surface area contributed by atoms with E-state index < -0.39 is 6.03 Å². The Labute approximate surface area is 150 Å². The van der Waals surface area contributed by atoms with Crippen LogP contribution in [0.25, 0.3) is 0 Å². The Morgan fingerprint density at radius 1 is 0.885 bits per heavy atom. The molecule has 2 rings (SSSR count). The lowest BCUT2D eigenvalue weighted by atomic mass is 10.3. The van der Waals surface area contributed by atoms with Crippen molar-refractivity contribution in [3.05, 3.63) is 60.2 Å². The lowest BCUT2D eigenvalue weighted by Gasteiger charge is -2.18. The van der Waals surface area contributed by atoms with Crippen LogP contribution in [0, 0.1) is 11.6 Å². The molecule has 0 unspecified atom stereocenters. The van der Waals surface area contributed by atoms with Crippen molar-refractivity contribution in [2.24, 2.45) is 0 Å². The topological polar surface area (TPSA) is 73.5 Å². The minimum atomic E-state index is -0.407. The Hall–Kier alpha value is -3.16. The molecule has 0 aliphatic rings. The Balaban J connectivity index is 1.65. The van der Waals surface area contributed by atoms with Crippen molar-refractivity contribution in [3.63, 3.8) is 0 Å². The highest BCUT2D eigenvalue weighted by molar-refractivity contribution is 5.89.